The van der Waals surface area contributed by atoms with Crippen molar-refractivity contribution in [3.05, 3.63) is 40.0 Å². The van der Waals surface area contributed by atoms with Crippen LogP contribution in [0.4, 0.5) is 5.82 Å². The van der Waals surface area contributed by atoms with Crippen molar-refractivity contribution in [2.24, 2.45) is 0 Å². The van der Waals surface area contributed by atoms with E-state index >= 15 is 0 Å². The van der Waals surface area contributed by atoms with Crippen molar-refractivity contribution in [1.29, 1.82) is 0 Å². The molecule has 1 aromatic carbocycles. The Kier molecular flexibility index (Phi) is 6.76. The van der Waals surface area contributed by atoms with Gasteiger partial charge in [-0.15, -0.1) is 11.3 Å². The molecule has 0 saturated carbocycles. The normalized spacial score (nSPS) is 13.6. The van der Waals surface area contributed by atoms with Crippen LogP contribution in [0.15, 0.2) is 18.5 Å². The van der Waals surface area contributed by atoms with Gasteiger partial charge in [-0.3, -0.25) is 4.90 Å². The Morgan fingerprint density at radius 3 is 2.66 bits per heavy atom. The van der Waals surface area contributed by atoms with Crippen molar-refractivity contribution in [2.75, 3.05) is 45.8 Å². The molecular formula is C23H28N4O4S. The van der Waals surface area contributed by atoms with E-state index in [1.807, 2.05) is 6.92 Å². The Balaban J connectivity index is 1.44. The lowest BCUT2D eigenvalue weighted by Gasteiger charge is -2.29. The maximum atomic E-state index is 12.2. The smallest absolute Gasteiger partial charge is 0.348 e. The van der Waals surface area contributed by atoms with Crippen LogP contribution in [-0.2, 0) is 17.7 Å². The van der Waals surface area contributed by atoms with Crippen LogP contribution in [0.2, 0.25) is 0 Å². The SMILES string of the molecule is CCOC(=O)c1sc2ncnc(NCCN3CCc4cc(OC)c(OC)cc4C3)c2c1C. The number of rotatable bonds is 8. The molecule has 8 nitrogen and oxygen atoms in total. The zero-order valence-corrected chi connectivity index (χ0v) is 19.7. The van der Waals surface area contributed by atoms with Gasteiger partial charge in [-0.2, -0.15) is 0 Å². The maximum Gasteiger partial charge on any atom is 0.348 e. The Labute approximate surface area is 191 Å². The fraction of sp³-hybridized carbons (Fsp3) is 0.435. The number of benzene rings is 1. The van der Waals surface area contributed by atoms with E-state index in [4.69, 9.17) is 14.2 Å². The minimum absolute atomic E-state index is 0.307. The minimum Gasteiger partial charge on any atom is -0.493 e. The number of fused-ring (bicyclic) bond motifs is 2. The van der Waals surface area contributed by atoms with Gasteiger partial charge in [-0.1, -0.05) is 0 Å². The average molecular weight is 457 g/mol. The number of nitrogens with one attached hydrogen (secondary N) is 1. The predicted molar refractivity (Wildman–Crippen MR) is 125 cm³/mol. The van der Waals surface area contributed by atoms with Crippen LogP contribution in [0.25, 0.3) is 10.2 Å². The first-order chi connectivity index (χ1) is 15.5. The van der Waals surface area contributed by atoms with Crippen molar-refractivity contribution in [1.82, 2.24) is 14.9 Å². The van der Waals surface area contributed by atoms with Crippen LogP contribution in [0.3, 0.4) is 0 Å². The number of methoxy groups -OCH3 is 2. The number of nitrogens with zero attached hydrogens (tertiary/aromatic N) is 3. The Morgan fingerprint density at radius 1 is 1.19 bits per heavy atom. The van der Waals surface area contributed by atoms with Crippen molar-refractivity contribution in [3.8, 4) is 11.5 Å². The molecule has 0 aliphatic carbocycles. The summed E-state index contributed by atoms with van der Waals surface area (Å²) in [4.78, 5) is 24.8. The molecule has 1 aliphatic rings. The summed E-state index contributed by atoms with van der Waals surface area (Å²) in [5.41, 5.74) is 3.44. The Morgan fingerprint density at radius 2 is 1.94 bits per heavy atom. The van der Waals surface area contributed by atoms with E-state index in [1.54, 1.807) is 21.1 Å². The van der Waals surface area contributed by atoms with Crippen LogP contribution in [0.1, 0.15) is 33.3 Å². The maximum absolute atomic E-state index is 12.2. The van der Waals surface area contributed by atoms with Gasteiger partial charge in [0, 0.05) is 26.2 Å². The lowest BCUT2D eigenvalue weighted by atomic mass is 9.99. The number of carbonyl (C=O) groups is 1. The summed E-state index contributed by atoms with van der Waals surface area (Å²) in [6.45, 7) is 7.52. The highest BCUT2D eigenvalue weighted by Gasteiger charge is 2.21. The van der Waals surface area contributed by atoms with Gasteiger partial charge >= 0.3 is 5.97 Å². The number of hydrogen-bond acceptors (Lipinski definition) is 9. The molecule has 0 fully saturated rings. The average Bonchev–Trinajstić information content (AvgIpc) is 3.15. The fourth-order valence-electron chi connectivity index (χ4n) is 4.06. The molecule has 2 aromatic heterocycles. The molecule has 9 heteroatoms. The van der Waals surface area contributed by atoms with Crippen LogP contribution in [0.5, 0.6) is 11.5 Å². The van der Waals surface area contributed by atoms with E-state index < -0.39 is 0 Å². The highest BCUT2D eigenvalue weighted by Crippen LogP contribution is 2.34. The van der Waals surface area contributed by atoms with Gasteiger partial charge in [-0.25, -0.2) is 14.8 Å². The Bertz CT molecular complexity index is 1130. The van der Waals surface area contributed by atoms with Gasteiger partial charge in [0.1, 0.15) is 21.9 Å². The molecule has 170 valence electrons. The van der Waals surface area contributed by atoms with Crippen molar-refractivity contribution < 1.29 is 19.0 Å². The zero-order chi connectivity index (χ0) is 22.7. The second-order valence-electron chi connectivity index (χ2n) is 7.61. The third-order valence-corrected chi connectivity index (χ3v) is 6.89. The van der Waals surface area contributed by atoms with Crippen molar-refractivity contribution in [2.45, 2.75) is 26.8 Å². The van der Waals surface area contributed by atoms with E-state index in [9.17, 15) is 4.79 Å². The van der Waals surface area contributed by atoms with Crippen LogP contribution in [-0.4, -0.2) is 61.3 Å². The van der Waals surface area contributed by atoms with Crippen LogP contribution in [0, 0.1) is 6.92 Å². The summed E-state index contributed by atoms with van der Waals surface area (Å²) in [5.74, 6) is 1.99. The summed E-state index contributed by atoms with van der Waals surface area (Å²) in [6.07, 6.45) is 2.51. The molecule has 0 atom stereocenters. The van der Waals surface area contributed by atoms with Crippen molar-refractivity contribution >= 4 is 33.3 Å². The molecule has 3 aromatic rings. The highest BCUT2D eigenvalue weighted by atomic mass is 32.1. The molecule has 0 bridgehead atoms. The van der Waals surface area contributed by atoms with Gasteiger partial charge in [0.25, 0.3) is 0 Å². The first kappa shape index (κ1) is 22.3. The summed E-state index contributed by atoms with van der Waals surface area (Å²) in [5, 5.41) is 4.33. The van der Waals surface area contributed by atoms with Crippen LogP contribution >= 0.6 is 11.3 Å². The highest BCUT2D eigenvalue weighted by molar-refractivity contribution is 7.20. The summed E-state index contributed by atoms with van der Waals surface area (Å²) in [6, 6.07) is 4.16. The minimum atomic E-state index is -0.307. The fourth-order valence-corrected chi connectivity index (χ4v) is 5.10. The number of aromatic nitrogens is 2. The number of esters is 1. The molecule has 1 N–H and O–H groups in total. The summed E-state index contributed by atoms with van der Waals surface area (Å²) >= 11 is 1.35. The largest absolute Gasteiger partial charge is 0.493 e. The molecule has 0 amide bonds. The molecule has 32 heavy (non-hydrogen) atoms. The van der Waals surface area contributed by atoms with E-state index in [1.165, 1.54) is 28.8 Å². The summed E-state index contributed by atoms with van der Waals surface area (Å²) < 4.78 is 16.1. The van der Waals surface area contributed by atoms with Gasteiger partial charge < -0.3 is 19.5 Å². The number of ether oxygens (including phenoxy) is 3. The van der Waals surface area contributed by atoms with Gasteiger partial charge in [-0.05, 0) is 49.1 Å². The Hall–Kier alpha value is -2.91. The summed E-state index contributed by atoms with van der Waals surface area (Å²) in [7, 11) is 3.33. The molecular weight excluding hydrogens is 428 g/mol. The topological polar surface area (TPSA) is 85.8 Å². The lowest BCUT2D eigenvalue weighted by Crippen LogP contribution is -2.34. The van der Waals surface area contributed by atoms with E-state index in [-0.39, 0.29) is 5.97 Å². The van der Waals surface area contributed by atoms with Crippen LogP contribution < -0.4 is 14.8 Å². The zero-order valence-electron chi connectivity index (χ0n) is 18.9. The van der Waals surface area contributed by atoms with E-state index in [0.717, 1.165) is 65.7 Å². The molecule has 3 heterocycles. The van der Waals surface area contributed by atoms with Gasteiger partial charge in [0.2, 0.25) is 0 Å². The number of anilines is 1. The standard InChI is InChI=1S/C23H28N4O4S/c1-5-31-23(28)20-14(2)19-21(25-13-26-22(19)32-20)24-7-9-27-8-6-15-10-17(29-3)18(30-4)11-16(15)12-27/h10-11,13H,5-9,12H2,1-4H3,(H,24,25,26). The molecule has 4 rings (SSSR count). The first-order valence-corrected chi connectivity index (χ1v) is 11.5. The first-order valence-electron chi connectivity index (χ1n) is 10.7. The quantitative estimate of drug-likeness (QED) is 0.514. The molecule has 0 saturated heterocycles. The van der Waals surface area contributed by atoms with Gasteiger partial charge in [0.05, 0.1) is 26.2 Å². The second kappa shape index (κ2) is 9.70. The van der Waals surface area contributed by atoms with E-state index in [0.29, 0.717) is 11.5 Å². The molecule has 0 radical (unpaired) electrons. The number of aryl methyl sites for hydroxylation is 1. The lowest BCUT2D eigenvalue weighted by molar-refractivity contribution is 0.0531. The van der Waals surface area contributed by atoms with Gasteiger partial charge in [0.15, 0.2) is 11.5 Å². The molecule has 1 aliphatic heterocycles. The van der Waals surface area contributed by atoms with Crippen molar-refractivity contribution in [3.63, 3.8) is 0 Å². The second-order valence-corrected chi connectivity index (χ2v) is 8.61. The molecule has 0 spiro atoms. The third kappa shape index (κ3) is 4.35. The van der Waals surface area contributed by atoms with E-state index in [2.05, 4.69) is 32.3 Å². The number of hydrogen-bond donors (Lipinski definition) is 1. The number of carbonyl (C=O) groups excluding carboxylic acids is 1. The predicted octanol–water partition coefficient (Wildman–Crippen LogP) is 3.66. The number of thiophene rings is 1. The monoisotopic (exact) mass is 456 g/mol. The molecule has 0 unspecified atom stereocenters. The third-order valence-electron chi connectivity index (χ3n) is 5.71.